The Hall–Kier alpha value is -1.61. The number of halogens is 1. The SMILES string of the molecule is Cc1nc(N)nc(CC2CCC2)c1-c1cccc(Cl)c1. The molecule has 1 saturated carbocycles. The third-order valence-electron chi connectivity index (χ3n) is 4.00. The molecule has 0 radical (unpaired) electrons. The van der Waals surface area contributed by atoms with E-state index in [0.29, 0.717) is 5.95 Å². The number of rotatable bonds is 3. The van der Waals surface area contributed by atoms with Gasteiger partial charge in [-0.05, 0) is 37.0 Å². The molecular weight excluding hydrogens is 270 g/mol. The van der Waals surface area contributed by atoms with Crippen molar-refractivity contribution in [3.63, 3.8) is 0 Å². The van der Waals surface area contributed by atoms with Crippen LogP contribution < -0.4 is 5.73 Å². The molecule has 0 unspecified atom stereocenters. The minimum atomic E-state index is 0.364. The molecule has 2 N–H and O–H groups in total. The molecule has 4 heteroatoms. The van der Waals surface area contributed by atoms with Gasteiger partial charge in [-0.1, -0.05) is 43.0 Å². The van der Waals surface area contributed by atoms with Gasteiger partial charge in [0.15, 0.2) is 0 Å². The molecule has 3 nitrogen and oxygen atoms in total. The van der Waals surface area contributed by atoms with Crippen molar-refractivity contribution in [1.82, 2.24) is 9.97 Å². The summed E-state index contributed by atoms with van der Waals surface area (Å²) in [7, 11) is 0. The lowest BCUT2D eigenvalue weighted by Gasteiger charge is -2.26. The summed E-state index contributed by atoms with van der Waals surface area (Å²) >= 11 is 6.11. The maximum atomic E-state index is 6.11. The zero-order chi connectivity index (χ0) is 14.1. The molecule has 1 aromatic carbocycles. The second-order valence-electron chi connectivity index (χ2n) is 5.50. The summed E-state index contributed by atoms with van der Waals surface area (Å²) in [6.07, 6.45) is 4.89. The maximum absolute atomic E-state index is 6.11. The zero-order valence-corrected chi connectivity index (χ0v) is 12.3. The number of benzene rings is 1. The van der Waals surface area contributed by atoms with E-state index in [0.717, 1.165) is 39.9 Å². The summed E-state index contributed by atoms with van der Waals surface area (Å²) in [6.45, 7) is 1.98. The number of aromatic nitrogens is 2. The highest BCUT2D eigenvalue weighted by molar-refractivity contribution is 6.30. The van der Waals surface area contributed by atoms with Gasteiger partial charge < -0.3 is 5.73 Å². The van der Waals surface area contributed by atoms with E-state index in [9.17, 15) is 0 Å². The van der Waals surface area contributed by atoms with E-state index in [-0.39, 0.29) is 0 Å². The van der Waals surface area contributed by atoms with Crippen LogP contribution in [0.5, 0.6) is 0 Å². The third-order valence-corrected chi connectivity index (χ3v) is 4.24. The van der Waals surface area contributed by atoms with Gasteiger partial charge in [-0.2, -0.15) is 0 Å². The van der Waals surface area contributed by atoms with Gasteiger partial charge in [0.25, 0.3) is 0 Å². The Morgan fingerprint density at radius 2 is 2.10 bits per heavy atom. The van der Waals surface area contributed by atoms with Crippen LogP contribution in [0.3, 0.4) is 0 Å². The summed E-state index contributed by atoms with van der Waals surface area (Å²) in [6, 6.07) is 7.86. The molecule has 0 aliphatic heterocycles. The number of nitrogens with zero attached hydrogens (tertiary/aromatic N) is 2. The van der Waals surface area contributed by atoms with E-state index >= 15 is 0 Å². The van der Waals surface area contributed by atoms with E-state index < -0.39 is 0 Å². The minimum absolute atomic E-state index is 0.364. The van der Waals surface area contributed by atoms with Crippen molar-refractivity contribution in [1.29, 1.82) is 0 Å². The Balaban J connectivity index is 2.07. The first-order valence-electron chi connectivity index (χ1n) is 7.02. The Morgan fingerprint density at radius 3 is 2.75 bits per heavy atom. The molecule has 0 atom stereocenters. The lowest BCUT2D eigenvalue weighted by Crippen LogP contribution is -2.16. The fraction of sp³-hybridized carbons (Fsp3) is 0.375. The van der Waals surface area contributed by atoms with Gasteiger partial charge >= 0.3 is 0 Å². The van der Waals surface area contributed by atoms with Crippen LogP contribution in [0, 0.1) is 12.8 Å². The molecular formula is C16H18ClN3. The molecule has 0 amide bonds. The Bertz CT molecular complexity index is 636. The summed E-state index contributed by atoms with van der Waals surface area (Å²) in [5, 5.41) is 0.730. The highest BCUT2D eigenvalue weighted by atomic mass is 35.5. The van der Waals surface area contributed by atoms with Crippen LogP contribution in [0.25, 0.3) is 11.1 Å². The molecule has 1 aromatic heterocycles. The first-order valence-corrected chi connectivity index (χ1v) is 7.40. The van der Waals surface area contributed by atoms with Crippen LogP contribution in [0.2, 0.25) is 5.02 Å². The smallest absolute Gasteiger partial charge is 0.220 e. The lowest BCUT2D eigenvalue weighted by atomic mass is 9.81. The second-order valence-corrected chi connectivity index (χ2v) is 5.94. The van der Waals surface area contributed by atoms with Gasteiger partial charge in [-0.15, -0.1) is 0 Å². The molecule has 0 bridgehead atoms. The van der Waals surface area contributed by atoms with Gasteiger partial charge in [0.05, 0.1) is 11.4 Å². The van der Waals surface area contributed by atoms with E-state index in [4.69, 9.17) is 17.3 Å². The fourth-order valence-electron chi connectivity index (χ4n) is 2.79. The molecule has 1 heterocycles. The van der Waals surface area contributed by atoms with Gasteiger partial charge in [-0.3, -0.25) is 0 Å². The molecule has 0 saturated heterocycles. The van der Waals surface area contributed by atoms with Crippen LogP contribution >= 0.6 is 11.6 Å². The van der Waals surface area contributed by atoms with E-state index in [1.165, 1.54) is 19.3 Å². The maximum Gasteiger partial charge on any atom is 0.220 e. The van der Waals surface area contributed by atoms with Crippen molar-refractivity contribution in [2.45, 2.75) is 32.6 Å². The number of nitrogen functional groups attached to an aromatic ring is 1. The highest BCUT2D eigenvalue weighted by Crippen LogP contribution is 2.34. The molecule has 2 aromatic rings. The first-order chi connectivity index (χ1) is 9.63. The van der Waals surface area contributed by atoms with Gasteiger partial charge in [0.1, 0.15) is 0 Å². The fourth-order valence-corrected chi connectivity index (χ4v) is 2.98. The van der Waals surface area contributed by atoms with E-state index in [1.807, 2.05) is 25.1 Å². The van der Waals surface area contributed by atoms with Gasteiger partial charge in [-0.25, -0.2) is 9.97 Å². The van der Waals surface area contributed by atoms with E-state index in [2.05, 4.69) is 16.0 Å². The average Bonchev–Trinajstić information content (AvgIpc) is 2.33. The summed E-state index contributed by atoms with van der Waals surface area (Å²) in [5.74, 6) is 1.10. The predicted octanol–water partition coefficient (Wildman–Crippen LogP) is 4.03. The zero-order valence-electron chi connectivity index (χ0n) is 11.6. The Labute approximate surface area is 124 Å². The monoisotopic (exact) mass is 287 g/mol. The van der Waals surface area contributed by atoms with Crippen molar-refractivity contribution >= 4 is 17.5 Å². The van der Waals surface area contributed by atoms with Crippen molar-refractivity contribution in [2.75, 3.05) is 5.73 Å². The van der Waals surface area contributed by atoms with Crippen molar-refractivity contribution in [3.8, 4) is 11.1 Å². The molecule has 1 fully saturated rings. The largest absolute Gasteiger partial charge is 0.368 e. The molecule has 104 valence electrons. The van der Waals surface area contributed by atoms with E-state index in [1.54, 1.807) is 0 Å². The Morgan fingerprint density at radius 1 is 1.30 bits per heavy atom. The number of anilines is 1. The third kappa shape index (κ3) is 2.63. The molecule has 1 aliphatic rings. The normalized spacial score (nSPS) is 15.1. The van der Waals surface area contributed by atoms with Crippen LogP contribution in [0.1, 0.15) is 30.7 Å². The molecule has 20 heavy (non-hydrogen) atoms. The number of hydrogen-bond acceptors (Lipinski definition) is 3. The van der Waals surface area contributed by atoms with Crippen LogP contribution in [0.15, 0.2) is 24.3 Å². The molecule has 1 aliphatic carbocycles. The standard InChI is InChI=1S/C16H18ClN3/c1-10-15(12-6-3-7-13(17)9-12)14(20-16(18)19-10)8-11-4-2-5-11/h3,6-7,9,11H,2,4-5,8H2,1H3,(H2,18,19,20). The second kappa shape index (κ2) is 5.41. The quantitative estimate of drug-likeness (QED) is 0.927. The van der Waals surface area contributed by atoms with Crippen molar-refractivity contribution < 1.29 is 0 Å². The topological polar surface area (TPSA) is 51.8 Å². The average molecular weight is 288 g/mol. The lowest BCUT2D eigenvalue weighted by molar-refractivity contribution is 0.312. The Kier molecular flexibility index (Phi) is 3.62. The van der Waals surface area contributed by atoms with Gasteiger partial charge in [0.2, 0.25) is 5.95 Å². The van der Waals surface area contributed by atoms with Crippen LogP contribution in [0.4, 0.5) is 5.95 Å². The summed E-state index contributed by atoms with van der Waals surface area (Å²) < 4.78 is 0. The number of hydrogen-bond donors (Lipinski definition) is 1. The van der Waals surface area contributed by atoms with Gasteiger partial charge in [0, 0.05) is 10.6 Å². The molecule has 3 rings (SSSR count). The van der Waals surface area contributed by atoms with Crippen LogP contribution in [-0.4, -0.2) is 9.97 Å². The number of aryl methyl sites for hydroxylation is 1. The predicted molar refractivity (Wildman–Crippen MR) is 82.7 cm³/mol. The molecule has 0 spiro atoms. The number of nitrogens with two attached hydrogens (primary N) is 1. The minimum Gasteiger partial charge on any atom is -0.368 e. The summed E-state index contributed by atoms with van der Waals surface area (Å²) in [5.41, 5.74) is 9.97. The summed E-state index contributed by atoms with van der Waals surface area (Å²) in [4.78, 5) is 8.80. The highest BCUT2D eigenvalue weighted by Gasteiger charge is 2.22. The van der Waals surface area contributed by atoms with Crippen LogP contribution in [-0.2, 0) is 6.42 Å². The first kappa shape index (κ1) is 13.4. The van der Waals surface area contributed by atoms with Crippen molar-refractivity contribution in [3.05, 3.63) is 40.7 Å². The van der Waals surface area contributed by atoms with Crippen molar-refractivity contribution in [2.24, 2.45) is 5.92 Å².